The molecule has 0 spiro atoms. The zero-order valence-corrected chi connectivity index (χ0v) is 11.2. The number of rotatable bonds is 8. The van der Waals surface area contributed by atoms with Crippen molar-refractivity contribution in [2.45, 2.75) is 39.0 Å². The van der Waals surface area contributed by atoms with Crippen LogP contribution < -0.4 is 10.6 Å². The lowest BCUT2D eigenvalue weighted by Crippen LogP contribution is -2.42. The van der Waals surface area contributed by atoms with Crippen molar-refractivity contribution in [1.29, 1.82) is 0 Å². The van der Waals surface area contributed by atoms with E-state index in [1.54, 1.807) is 7.11 Å². The maximum absolute atomic E-state index is 12.1. The molecule has 1 atom stereocenters. The molecule has 100 valence electrons. The van der Waals surface area contributed by atoms with Crippen molar-refractivity contribution in [3.05, 3.63) is 0 Å². The molecule has 4 nitrogen and oxygen atoms in total. The minimum absolute atomic E-state index is 0.146. The van der Waals surface area contributed by atoms with Crippen LogP contribution >= 0.6 is 0 Å². The Balaban J connectivity index is 2.15. The van der Waals surface area contributed by atoms with Crippen molar-refractivity contribution in [3.63, 3.8) is 0 Å². The van der Waals surface area contributed by atoms with E-state index in [4.69, 9.17) is 4.74 Å². The van der Waals surface area contributed by atoms with Crippen LogP contribution in [0.15, 0.2) is 0 Å². The predicted octanol–water partition coefficient (Wildman–Crippen LogP) is 1.31. The van der Waals surface area contributed by atoms with Crippen LogP contribution in [0.25, 0.3) is 0 Å². The largest absolute Gasteiger partial charge is 0.385 e. The van der Waals surface area contributed by atoms with E-state index in [1.807, 2.05) is 0 Å². The Labute approximate surface area is 104 Å². The molecule has 1 aliphatic heterocycles. The molecular formula is C13H26N2O2. The Morgan fingerprint density at radius 1 is 1.41 bits per heavy atom. The monoisotopic (exact) mass is 242 g/mol. The van der Waals surface area contributed by atoms with Crippen LogP contribution in [0.2, 0.25) is 0 Å². The van der Waals surface area contributed by atoms with Gasteiger partial charge in [0.15, 0.2) is 0 Å². The molecule has 0 radical (unpaired) electrons. The molecule has 1 saturated heterocycles. The molecule has 1 heterocycles. The number of methoxy groups -OCH3 is 1. The molecule has 0 aliphatic carbocycles. The summed E-state index contributed by atoms with van der Waals surface area (Å²) in [6, 6.07) is 0. The summed E-state index contributed by atoms with van der Waals surface area (Å²) in [4.78, 5) is 12.1. The highest BCUT2D eigenvalue weighted by Gasteiger charge is 2.38. The van der Waals surface area contributed by atoms with Gasteiger partial charge in [-0.1, -0.05) is 6.92 Å². The van der Waals surface area contributed by atoms with Gasteiger partial charge in [-0.15, -0.1) is 0 Å². The maximum atomic E-state index is 12.1. The van der Waals surface area contributed by atoms with Crippen molar-refractivity contribution in [2.24, 2.45) is 5.41 Å². The van der Waals surface area contributed by atoms with Crippen LogP contribution in [0.5, 0.6) is 0 Å². The number of carbonyl (C=O) groups excluding carboxylic acids is 1. The van der Waals surface area contributed by atoms with Crippen LogP contribution in [0.3, 0.4) is 0 Å². The van der Waals surface area contributed by atoms with E-state index in [9.17, 15) is 4.79 Å². The highest BCUT2D eigenvalue weighted by atomic mass is 16.5. The highest BCUT2D eigenvalue weighted by molar-refractivity contribution is 5.83. The second kappa shape index (κ2) is 7.67. The number of unbranched alkanes of at least 4 members (excludes halogenated alkanes) is 2. The predicted molar refractivity (Wildman–Crippen MR) is 68.9 cm³/mol. The van der Waals surface area contributed by atoms with Gasteiger partial charge in [0, 0.05) is 26.8 Å². The third kappa shape index (κ3) is 4.28. The Morgan fingerprint density at radius 2 is 2.24 bits per heavy atom. The summed E-state index contributed by atoms with van der Waals surface area (Å²) < 4.78 is 4.99. The van der Waals surface area contributed by atoms with E-state index in [0.29, 0.717) is 0 Å². The summed E-state index contributed by atoms with van der Waals surface area (Å²) in [6.07, 6.45) is 5.13. The van der Waals surface area contributed by atoms with Gasteiger partial charge in [0.25, 0.3) is 0 Å². The molecule has 1 fully saturated rings. The number of ether oxygens (including phenoxy) is 1. The van der Waals surface area contributed by atoms with Gasteiger partial charge < -0.3 is 15.4 Å². The van der Waals surface area contributed by atoms with Crippen molar-refractivity contribution in [2.75, 3.05) is 33.4 Å². The van der Waals surface area contributed by atoms with Gasteiger partial charge in [0.2, 0.25) is 5.91 Å². The molecule has 0 aromatic rings. The van der Waals surface area contributed by atoms with Crippen molar-refractivity contribution in [3.8, 4) is 0 Å². The van der Waals surface area contributed by atoms with Gasteiger partial charge in [-0.05, 0) is 38.6 Å². The van der Waals surface area contributed by atoms with E-state index in [0.717, 1.165) is 58.3 Å². The van der Waals surface area contributed by atoms with Gasteiger partial charge >= 0.3 is 0 Å². The van der Waals surface area contributed by atoms with Gasteiger partial charge in [-0.25, -0.2) is 0 Å². The quantitative estimate of drug-likeness (QED) is 0.631. The first-order valence-corrected chi connectivity index (χ1v) is 6.73. The fourth-order valence-electron chi connectivity index (χ4n) is 2.34. The van der Waals surface area contributed by atoms with Gasteiger partial charge in [0.05, 0.1) is 5.41 Å². The Bertz CT molecular complexity index is 225. The second-order valence-electron chi connectivity index (χ2n) is 4.87. The molecule has 0 bridgehead atoms. The molecule has 0 saturated carbocycles. The number of hydrogen-bond donors (Lipinski definition) is 2. The standard InChI is InChI=1S/C13H26N2O2/c1-3-13(7-9-14-11-13)12(16)15-8-5-4-6-10-17-2/h14H,3-11H2,1-2H3,(H,15,16). The van der Waals surface area contributed by atoms with Crippen LogP contribution in [-0.4, -0.2) is 39.3 Å². The third-order valence-electron chi connectivity index (χ3n) is 3.71. The molecule has 1 aliphatic rings. The summed E-state index contributed by atoms with van der Waals surface area (Å²) in [5.41, 5.74) is -0.146. The summed E-state index contributed by atoms with van der Waals surface area (Å²) in [6.45, 7) is 5.51. The zero-order chi connectivity index (χ0) is 12.6. The van der Waals surface area contributed by atoms with E-state index in [1.165, 1.54) is 0 Å². The summed E-state index contributed by atoms with van der Waals surface area (Å²) in [5, 5.41) is 6.36. The first kappa shape index (κ1) is 14.5. The number of amides is 1. The van der Waals surface area contributed by atoms with Gasteiger partial charge in [0.1, 0.15) is 0 Å². The van der Waals surface area contributed by atoms with E-state index >= 15 is 0 Å². The molecular weight excluding hydrogens is 216 g/mol. The minimum atomic E-state index is -0.146. The summed E-state index contributed by atoms with van der Waals surface area (Å²) in [7, 11) is 1.72. The molecule has 1 unspecified atom stereocenters. The molecule has 17 heavy (non-hydrogen) atoms. The maximum Gasteiger partial charge on any atom is 0.227 e. The summed E-state index contributed by atoms with van der Waals surface area (Å²) in [5.74, 6) is 0.233. The van der Waals surface area contributed by atoms with Crippen LogP contribution in [0.4, 0.5) is 0 Å². The van der Waals surface area contributed by atoms with Crippen molar-refractivity contribution >= 4 is 5.91 Å². The smallest absolute Gasteiger partial charge is 0.227 e. The first-order chi connectivity index (χ1) is 8.25. The average molecular weight is 242 g/mol. The van der Waals surface area contributed by atoms with Crippen molar-refractivity contribution in [1.82, 2.24) is 10.6 Å². The lowest BCUT2D eigenvalue weighted by atomic mass is 9.83. The molecule has 0 aromatic heterocycles. The zero-order valence-electron chi connectivity index (χ0n) is 11.2. The number of nitrogens with one attached hydrogen (secondary N) is 2. The minimum Gasteiger partial charge on any atom is -0.385 e. The molecule has 1 amide bonds. The fraction of sp³-hybridized carbons (Fsp3) is 0.923. The van der Waals surface area contributed by atoms with Gasteiger partial charge in [-0.3, -0.25) is 4.79 Å². The lowest BCUT2D eigenvalue weighted by molar-refractivity contribution is -0.130. The molecule has 0 aromatic carbocycles. The third-order valence-corrected chi connectivity index (χ3v) is 3.71. The molecule has 4 heteroatoms. The van der Waals surface area contributed by atoms with E-state index < -0.39 is 0 Å². The highest BCUT2D eigenvalue weighted by Crippen LogP contribution is 2.29. The molecule has 1 rings (SSSR count). The number of carbonyl (C=O) groups is 1. The topological polar surface area (TPSA) is 50.4 Å². The first-order valence-electron chi connectivity index (χ1n) is 6.73. The second-order valence-corrected chi connectivity index (χ2v) is 4.87. The normalized spacial score (nSPS) is 23.9. The Morgan fingerprint density at radius 3 is 2.82 bits per heavy atom. The van der Waals surface area contributed by atoms with Crippen LogP contribution in [0, 0.1) is 5.41 Å². The average Bonchev–Trinajstić information content (AvgIpc) is 2.83. The van der Waals surface area contributed by atoms with Crippen LogP contribution in [0.1, 0.15) is 39.0 Å². The lowest BCUT2D eigenvalue weighted by Gasteiger charge is -2.25. The van der Waals surface area contributed by atoms with E-state index in [2.05, 4.69) is 17.6 Å². The van der Waals surface area contributed by atoms with Gasteiger partial charge in [-0.2, -0.15) is 0 Å². The Kier molecular flexibility index (Phi) is 6.52. The van der Waals surface area contributed by atoms with E-state index in [-0.39, 0.29) is 11.3 Å². The SMILES string of the molecule is CCC1(C(=O)NCCCCCOC)CCNC1. The van der Waals surface area contributed by atoms with Crippen molar-refractivity contribution < 1.29 is 9.53 Å². The fourth-order valence-corrected chi connectivity index (χ4v) is 2.34. The van der Waals surface area contributed by atoms with Crippen LogP contribution in [-0.2, 0) is 9.53 Å². The Hall–Kier alpha value is -0.610. The number of hydrogen-bond acceptors (Lipinski definition) is 3. The molecule has 2 N–H and O–H groups in total. The summed E-state index contributed by atoms with van der Waals surface area (Å²) >= 11 is 0.